The maximum atomic E-state index is 3.52. The van der Waals surface area contributed by atoms with E-state index in [-0.39, 0.29) is 1.43 Å². The molecule has 0 radical (unpaired) electrons. The molecule has 1 N–H and O–H groups in total. The van der Waals surface area contributed by atoms with Gasteiger partial charge in [0.1, 0.15) is 0 Å². The molecule has 1 unspecified atom stereocenters. The Labute approximate surface area is 65.7 Å². The third kappa shape index (κ3) is 2.30. The highest BCUT2D eigenvalue weighted by molar-refractivity contribution is 4.75. The molecule has 1 nitrogen and oxygen atoms in total. The lowest BCUT2D eigenvalue weighted by Crippen LogP contribution is -2.23. The first kappa shape index (κ1) is 8.06. The van der Waals surface area contributed by atoms with Crippen LogP contribution in [0.4, 0.5) is 0 Å². The molecule has 1 heterocycles. The van der Waals surface area contributed by atoms with E-state index in [4.69, 9.17) is 0 Å². The average Bonchev–Trinajstić information content (AvgIpc) is 2.40. The Hall–Kier alpha value is -0.0400. The molecular weight excluding hydrogens is 122 g/mol. The summed E-state index contributed by atoms with van der Waals surface area (Å²) in [5.41, 5.74) is 0. The average molecular weight is 143 g/mol. The van der Waals surface area contributed by atoms with Gasteiger partial charge in [-0.2, -0.15) is 0 Å². The number of hydrogen-bond acceptors (Lipinski definition) is 1. The van der Waals surface area contributed by atoms with E-state index in [2.05, 4.69) is 19.2 Å². The van der Waals surface area contributed by atoms with Crippen LogP contribution in [0, 0.1) is 5.92 Å². The first-order valence-corrected chi connectivity index (χ1v) is 4.56. The van der Waals surface area contributed by atoms with Crippen molar-refractivity contribution in [3.8, 4) is 0 Å². The van der Waals surface area contributed by atoms with E-state index in [1.807, 2.05) is 0 Å². The summed E-state index contributed by atoms with van der Waals surface area (Å²) in [4.78, 5) is 0. The minimum absolute atomic E-state index is 0. The summed E-state index contributed by atoms with van der Waals surface area (Å²) in [6.07, 6.45) is 5.51. The van der Waals surface area contributed by atoms with Crippen molar-refractivity contribution in [1.82, 2.24) is 5.32 Å². The lowest BCUT2D eigenvalue weighted by molar-refractivity contribution is 0.428. The van der Waals surface area contributed by atoms with Crippen molar-refractivity contribution in [2.45, 2.75) is 45.6 Å². The van der Waals surface area contributed by atoms with Crippen LogP contribution >= 0.6 is 0 Å². The molecule has 1 heteroatoms. The fourth-order valence-electron chi connectivity index (χ4n) is 1.61. The maximum absolute atomic E-state index is 3.52. The molecule has 62 valence electrons. The first-order chi connectivity index (χ1) is 4.83. The fraction of sp³-hybridized carbons (Fsp3) is 1.00. The summed E-state index contributed by atoms with van der Waals surface area (Å²) < 4.78 is 0. The van der Waals surface area contributed by atoms with Gasteiger partial charge in [0.2, 0.25) is 0 Å². The normalized spacial score (nSPS) is 28.8. The minimum atomic E-state index is 0. The zero-order valence-electron chi connectivity index (χ0n) is 7.19. The number of hydrogen-bond donors (Lipinski definition) is 1. The largest absolute Gasteiger partial charge is 0.314 e. The fourth-order valence-corrected chi connectivity index (χ4v) is 1.61. The van der Waals surface area contributed by atoms with Crippen LogP contribution in [0.3, 0.4) is 0 Å². The molecule has 1 aliphatic rings. The SMILES string of the molecule is CCC(C)C[C@H]1CCCN1.[HH]. The van der Waals surface area contributed by atoms with Crippen molar-refractivity contribution < 1.29 is 1.43 Å². The van der Waals surface area contributed by atoms with E-state index >= 15 is 0 Å². The summed E-state index contributed by atoms with van der Waals surface area (Å²) in [6.45, 7) is 5.88. The van der Waals surface area contributed by atoms with Crippen molar-refractivity contribution in [3.05, 3.63) is 0 Å². The van der Waals surface area contributed by atoms with Gasteiger partial charge in [0.05, 0.1) is 0 Å². The molecule has 1 saturated heterocycles. The molecule has 1 fully saturated rings. The molecular formula is C9H21N. The molecule has 2 atom stereocenters. The molecule has 1 aliphatic heterocycles. The molecule has 0 aliphatic carbocycles. The van der Waals surface area contributed by atoms with E-state index in [0.29, 0.717) is 0 Å². The van der Waals surface area contributed by atoms with Crippen molar-refractivity contribution in [2.75, 3.05) is 6.54 Å². The molecule has 0 spiro atoms. The Balaban J connectivity index is 0.000001000. The molecule has 0 amide bonds. The molecule has 0 aromatic heterocycles. The summed E-state index contributed by atoms with van der Waals surface area (Å²) in [5, 5.41) is 3.52. The predicted octanol–water partition coefficient (Wildman–Crippen LogP) is 2.42. The van der Waals surface area contributed by atoms with E-state index in [9.17, 15) is 0 Å². The van der Waals surface area contributed by atoms with Crippen LogP contribution in [-0.2, 0) is 0 Å². The molecule has 0 saturated carbocycles. The zero-order chi connectivity index (χ0) is 7.40. The molecule has 1 rings (SSSR count). The molecule has 0 aromatic carbocycles. The molecule has 0 bridgehead atoms. The standard InChI is InChI=1S/C9H19N.H2/c1-3-8(2)7-9-5-4-6-10-9;/h8-10H,3-7H2,1-2H3;1H/t8?,9-;/m1./s1. The number of rotatable bonds is 3. The van der Waals surface area contributed by atoms with Gasteiger partial charge in [0.15, 0.2) is 0 Å². The first-order valence-electron chi connectivity index (χ1n) is 4.56. The van der Waals surface area contributed by atoms with Crippen LogP contribution in [0.15, 0.2) is 0 Å². The predicted molar refractivity (Wildman–Crippen MR) is 47.2 cm³/mol. The van der Waals surface area contributed by atoms with Crippen molar-refractivity contribution in [3.63, 3.8) is 0 Å². The minimum Gasteiger partial charge on any atom is -0.314 e. The highest BCUT2D eigenvalue weighted by Crippen LogP contribution is 2.16. The lowest BCUT2D eigenvalue weighted by atomic mass is 9.99. The molecule has 0 aromatic rings. The summed E-state index contributed by atoms with van der Waals surface area (Å²) in [6, 6.07) is 0.843. The summed E-state index contributed by atoms with van der Waals surface area (Å²) in [7, 11) is 0. The van der Waals surface area contributed by atoms with Crippen LogP contribution in [0.5, 0.6) is 0 Å². The van der Waals surface area contributed by atoms with Crippen LogP contribution in [0.25, 0.3) is 0 Å². The number of nitrogens with one attached hydrogen (secondary N) is 1. The summed E-state index contributed by atoms with van der Waals surface area (Å²) in [5.74, 6) is 0.913. The van der Waals surface area contributed by atoms with Crippen LogP contribution in [-0.4, -0.2) is 12.6 Å². The highest BCUT2D eigenvalue weighted by Gasteiger charge is 2.15. The topological polar surface area (TPSA) is 12.0 Å². The van der Waals surface area contributed by atoms with Crippen LogP contribution in [0.1, 0.15) is 41.0 Å². The Morgan fingerprint density at radius 2 is 2.50 bits per heavy atom. The van der Waals surface area contributed by atoms with Gasteiger partial charge in [-0.15, -0.1) is 0 Å². The Kier molecular flexibility index (Phi) is 3.20. The van der Waals surface area contributed by atoms with Gasteiger partial charge in [-0.1, -0.05) is 20.3 Å². The van der Waals surface area contributed by atoms with Gasteiger partial charge in [0.25, 0.3) is 0 Å². The van der Waals surface area contributed by atoms with E-state index in [1.165, 1.54) is 32.2 Å². The van der Waals surface area contributed by atoms with Gasteiger partial charge in [-0.05, 0) is 31.7 Å². The monoisotopic (exact) mass is 143 g/mol. The third-order valence-electron chi connectivity index (χ3n) is 2.55. The second kappa shape index (κ2) is 3.97. The summed E-state index contributed by atoms with van der Waals surface area (Å²) >= 11 is 0. The van der Waals surface area contributed by atoms with Crippen LogP contribution < -0.4 is 5.32 Å². The van der Waals surface area contributed by atoms with Crippen molar-refractivity contribution in [2.24, 2.45) is 5.92 Å². The second-order valence-corrected chi connectivity index (χ2v) is 3.54. The quantitative estimate of drug-likeness (QED) is 0.640. The van der Waals surface area contributed by atoms with Gasteiger partial charge < -0.3 is 5.32 Å². The Bertz CT molecular complexity index is 89.6. The lowest BCUT2D eigenvalue weighted by Gasteiger charge is -2.14. The van der Waals surface area contributed by atoms with Gasteiger partial charge in [-0.25, -0.2) is 0 Å². The van der Waals surface area contributed by atoms with Crippen molar-refractivity contribution in [1.29, 1.82) is 0 Å². The van der Waals surface area contributed by atoms with Gasteiger partial charge >= 0.3 is 0 Å². The maximum Gasteiger partial charge on any atom is 0.00700 e. The second-order valence-electron chi connectivity index (χ2n) is 3.54. The van der Waals surface area contributed by atoms with Gasteiger partial charge in [-0.3, -0.25) is 0 Å². The van der Waals surface area contributed by atoms with Crippen molar-refractivity contribution >= 4 is 0 Å². The van der Waals surface area contributed by atoms with Gasteiger partial charge in [0, 0.05) is 7.47 Å². The van der Waals surface area contributed by atoms with E-state index in [0.717, 1.165) is 12.0 Å². The zero-order valence-corrected chi connectivity index (χ0v) is 7.19. The van der Waals surface area contributed by atoms with Crippen LogP contribution in [0.2, 0.25) is 0 Å². The van der Waals surface area contributed by atoms with E-state index in [1.54, 1.807) is 0 Å². The molecule has 10 heavy (non-hydrogen) atoms. The smallest absolute Gasteiger partial charge is 0.00700 e. The highest BCUT2D eigenvalue weighted by atomic mass is 14.9. The Morgan fingerprint density at radius 1 is 1.70 bits per heavy atom. The third-order valence-corrected chi connectivity index (χ3v) is 2.55. The Morgan fingerprint density at radius 3 is 3.00 bits per heavy atom. The van der Waals surface area contributed by atoms with E-state index < -0.39 is 0 Å².